The molecular weight excluding hydrogens is 651 g/mol. The zero-order valence-corrected chi connectivity index (χ0v) is 23.1. The molecule has 3 aromatic rings. The second kappa shape index (κ2) is 10.4. The van der Waals surface area contributed by atoms with Gasteiger partial charge in [0.1, 0.15) is 4.90 Å². The Balaban J connectivity index is 1.67. The van der Waals surface area contributed by atoms with Crippen LogP contribution in [0.3, 0.4) is 0 Å². The van der Waals surface area contributed by atoms with Gasteiger partial charge in [0.2, 0.25) is 0 Å². The van der Waals surface area contributed by atoms with E-state index in [0.29, 0.717) is 40.3 Å². The number of aliphatic imine (C=N–C) groups is 1. The lowest BCUT2D eigenvalue weighted by atomic mass is 10.2. The summed E-state index contributed by atoms with van der Waals surface area (Å²) in [6.07, 6.45) is 1.53. The van der Waals surface area contributed by atoms with Gasteiger partial charge in [-0.15, -0.1) is 0 Å². The second-order valence-electron chi connectivity index (χ2n) is 6.76. The Morgan fingerprint density at radius 1 is 0.971 bits per heavy atom. The smallest absolute Gasteiger partial charge is 0.339 e. The number of halogens is 4. The lowest BCUT2D eigenvalue weighted by Gasteiger charge is -2.12. The predicted molar refractivity (Wildman–Crippen MR) is 143 cm³/mol. The second-order valence-corrected chi connectivity index (χ2v) is 12.0. The van der Waals surface area contributed by atoms with Crippen molar-refractivity contribution in [2.45, 2.75) is 4.90 Å². The number of nitrogens with one attached hydrogen (secondary N) is 1. The highest BCUT2D eigenvalue weighted by Gasteiger charge is 2.26. The Hall–Kier alpha value is -1.82. The molecule has 0 bridgehead atoms. The van der Waals surface area contributed by atoms with E-state index in [2.05, 4.69) is 42.2 Å². The Morgan fingerprint density at radius 3 is 2.24 bits per heavy atom. The quantitative estimate of drug-likeness (QED) is 0.231. The maximum atomic E-state index is 12.9. The largest absolute Gasteiger partial charge is 0.377 e. The molecule has 6 nitrogen and oxygen atoms in total. The first-order valence-corrected chi connectivity index (χ1v) is 13.9. The number of hydrogen-bond acceptors (Lipinski definition) is 6. The average Bonchev–Trinajstić information content (AvgIpc) is 3.11. The van der Waals surface area contributed by atoms with Gasteiger partial charge in [-0.3, -0.25) is 4.79 Å². The fourth-order valence-corrected chi connectivity index (χ4v) is 6.29. The number of hydrogen-bond donors (Lipinski definition) is 1. The first kappa shape index (κ1) is 25.3. The molecule has 1 N–H and O–H groups in total. The monoisotopic (exact) mass is 660 g/mol. The van der Waals surface area contributed by atoms with E-state index >= 15 is 0 Å². The Kier molecular flexibility index (Phi) is 7.75. The number of rotatable bonds is 5. The minimum absolute atomic E-state index is 0.0298. The summed E-state index contributed by atoms with van der Waals surface area (Å²) in [6, 6.07) is 15.7. The summed E-state index contributed by atoms with van der Waals surface area (Å²) in [6.45, 7) is 0. The topological polar surface area (TPSA) is 84.8 Å². The summed E-state index contributed by atoms with van der Waals surface area (Å²) in [5.41, 5.74) is 0.987. The molecular formula is C22H12Br2Cl2N2O4S2. The normalized spacial score (nSPS) is 16.2. The SMILES string of the molecule is O=C1NC(=Nc2ccc(Cl)cc2)S/C1=C\c1cc(Br)cc(Br)c1OS(=O)(=O)c1ccc(Cl)cc1. The van der Waals surface area contributed by atoms with Crippen LogP contribution in [0.25, 0.3) is 6.08 Å². The molecule has 1 aliphatic heterocycles. The first-order chi connectivity index (χ1) is 16.1. The number of amidine groups is 1. The van der Waals surface area contributed by atoms with Crippen LogP contribution in [0.5, 0.6) is 5.75 Å². The summed E-state index contributed by atoms with van der Waals surface area (Å²) >= 11 is 19.6. The molecule has 0 radical (unpaired) electrons. The van der Waals surface area contributed by atoms with Crippen LogP contribution in [-0.4, -0.2) is 19.5 Å². The van der Waals surface area contributed by atoms with E-state index in [1.807, 2.05) is 0 Å². The molecule has 0 spiro atoms. The number of carbonyl (C=O) groups is 1. The van der Waals surface area contributed by atoms with Gasteiger partial charge in [-0.25, -0.2) is 4.99 Å². The van der Waals surface area contributed by atoms with E-state index in [1.165, 1.54) is 30.3 Å². The van der Waals surface area contributed by atoms with Gasteiger partial charge < -0.3 is 9.50 Å². The summed E-state index contributed by atoms with van der Waals surface area (Å²) in [5.74, 6) is -0.345. The van der Waals surface area contributed by atoms with Crippen LogP contribution in [-0.2, 0) is 14.9 Å². The minimum Gasteiger partial charge on any atom is -0.377 e. The first-order valence-electron chi connectivity index (χ1n) is 9.35. The Labute approximate surface area is 226 Å². The summed E-state index contributed by atoms with van der Waals surface area (Å²) in [4.78, 5) is 17.2. The zero-order valence-electron chi connectivity index (χ0n) is 16.8. The van der Waals surface area contributed by atoms with E-state index in [0.717, 1.165) is 11.8 Å². The van der Waals surface area contributed by atoms with Crippen LogP contribution in [0.15, 0.2) is 84.4 Å². The van der Waals surface area contributed by atoms with Crippen molar-refractivity contribution >= 4 is 99.8 Å². The molecule has 34 heavy (non-hydrogen) atoms. The molecule has 1 aliphatic rings. The summed E-state index contributed by atoms with van der Waals surface area (Å²) < 4.78 is 32.2. The third kappa shape index (κ3) is 6.05. The molecule has 1 amide bonds. The molecule has 0 saturated carbocycles. The van der Waals surface area contributed by atoms with Crippen molar-refractivity contribution in [1.29, 1.82) is 0 Å². The Morgan fingerprint density at radius 2 is 1.59 bits per heavy atom. The molecule has 1 heterocycles. The number of carbonyl (C=O) groups excluding carboxylic acids is 1. The lowest BCUT2D eigenvalue weighted by molar-refractivity contribution is -0.115. The number of nitrogens with zero attached hydrogens (tertiary/aromatic N) is 1. The number of amides is 1. The van der Waals surface area contributed by atoms with Crippen molar-refractivity contribution in [3.8, 4) is 5.75 Å². The maximum Gasteiger partial charge on any atom is 0.339 e. The van der Waals surface area contributed by atoms with Crippen molar-refractivity contribution in [2.24, 2.45) is 4.99 Å². The zero-order chi connectivity index (χ0) is 24.5. The summed E-state index contributed by atoms with van der Waals surface area (Å²) in [5, 5.41) is 4.05. The van der Waals surface area contributed by atoms with Gasteiger partial charge >= 0.3 is 10.1 Å². The predicted octanol–water partition coefficient (Wildman–Crippen LogP) is 7.18. The molecule has 0 aromatic heterocycles. The molecule has 0 atom stereocenters. The fraction of sp³-hybridized carbons (Fsp3) is 0. The third-order valence-corrected chi connectivity index (χ3v) is 8.02. The molecule has 1 saturated heterocycles. The number of benzene rings is 3. The van der Waals surface area contributed by atoms with Gasteiger partial charge in [0.05, 0.1) is 15.1 Å². The van der Waals surface area contributed by atoms with Crippen LogP contribution in [0.1, 0.15) is 5.56 Å². The van der Waals surface area contributed by atoms with Gasteiger partial charge in [0.25, 0.3) is 5.91 Å². The van der Waals surface area contributed by atoms with Crippen LogP contribution in [0, 0.1) is 0 Å². The fourth-order valence-electron chi connectivity index (χ4n) is 2.79. The average molecular weight is 663 g/mol. The maximum absolute atomic E-state index is 12.9. The molecule has 3 aromatic carbocycles. The van der Waals surface area contributed by atoms with Crippen molar-refractivity contribution in [3.05, 3.63) is 90.1 Å². The van der Waals surface area contributed by atoms with E-state index < -0.39 is 10.1 Å². The molecule has 12 heteroatoms. The van der Waals surface area contributed by atoms with Crippen LogP contribution in [0.2, 0.25) is 10.0 Å². The van der Waals surface area contributed by atoms with Crippen LogP contribution in [0.4, 0.5) is 5.69 Å². The van der Waals surface area contributed by atoms with Gasteiger partial charge in [-0.1, -0.05) is 39.1 Å². The third-order valence-electron chi connectivity index (χ3n) is 4.33. The van der Waals surface area contributed by atoms with E-state index in [4.69, 9.17) is 27.4 Å². The van der Waals surface area contributed by atoms with E-state index in [1.54, 1.807) is 36.4 Å². The molecule has 0 unspecified atom stereocenters. The van der Waals surface area contributed by atoms with Crippen LogP contribution >= 0.6 is 66.8 Å². The van der Waals surface area contributed by atoms with E-state index in [-0.39, 0.29) is 16.6 Å². The number of thioether (sulfide) groups is 1. The van der Waals surface area contributed by atoms with Gasteiger partial charge in [0.15, 0.2) is 10.9 Å². The van der Waals surface area contributed by atoms with Crippen molar-refractivity contribution < 1.29 is 17.4 Å². The highest BCUT2D eigenvalue weighted by Crippen LogP contribution is 2.38. The summed E-state index contributed by atoms with van der Waals surface area (Å²) in [7, 11) is -4.17. The van der Waals surface area contributed by atoms with Gasteiger partial charge in [-0.2, -0.15) is 8.42 Å². The van der Waals surface area contributed by atoms with Crippen molar-refractivity contribution in [2.75, 3.05) is 0 Å². The molecule has 4 rings (SSSR count). The van der Waals surface area contributed by atoms with Gasteiger partial charge in [-0.05, 0) is 94.4 Å². The van der Waals surface area contributed by atoms with Crippen molar-refractivity contribution in [3.63, 3.8) is 0 Å². The highest BCUT2D eigenvalue weighted by molar-refractivity contribution is 9.11. The molecule has 1 fully saturated rings. The Bertz CT molecular complexity index is 1440. The van der Waals surface area contributed by atoms with Crippen LogP contribution < -0.4 is 9.50 Å². The standard InChI is InChI=1S/C22H12Br2Cl2N2O4S2/c23-13-9-12(10-19-21(29)28-22(33-19)27-16-5-1-14(25)2-6-16)20(18(24)11-13)32-34(30,31)17-7-3-15(26)4-8-17/h1-11H,(H,27,28,29)/b19-10-. The molecule has 0 aliphatic carbocycles. The molecule has 174 valence electrons. The van der Waals surface area contributed by atoms with E-state index in [9.17, 15) is 13.2 Å². The lowest BCUT2D eigenvalue weighted by Crippen LogP contribution is -2.19. The van der Waals surface area contributed by atoms with Crippen molar-refractivity contribution in [1.82, 2.24) is 5.32 Å². The minimum atomic E-state index is -4.17. The van der Waals surface area contributed by atoms with Gasteiger partial charge in [0, 0.05) is 20.1 Å². The highest BCUT2D eigenvalue weighted by atomic mass is 79.9.